The highest BCUT2D eigenvalue weighted by Crippen LogP contribution is 2.26. The number of amides is 1. The molecule has 0 radical (unpaired) electrons. The van der Waals surface area contributed by atoms with Crippen molar-refractivity contribution < 1.29 is 9.18 Å². The lowest BCUT2D eigenvalue weighted by molar-refractivity contribution is -0.117. The number of hydrogen-bond acceptors (Lipinski definition) is 5. The Morgan fingerprint density at radius 1 is 1.17 bits per heavy atom. The van der Waals surface area contributed by atoms with Gasteiger partial charge in [0, 0.05) is 36.6 Å². The van der Waals surface area contributed by atoms with Crippen molar-refractivity contribution in [1.82, 2.24) is 9.88 Å². The number of carbonyl (C=O) groups excluding carboxylic acids is 1. The van der Waals surface area contributed by atoms with E-state index < -0.39 is 5.82 Å². The summed E-state index contributed by atoms with van der Waals surface area (Å²) >= 11 is 6.05. The zero-order valence-electron chi connectivity index (χ0n) is 16.1. The van der Waals surface area contributed by atoms with Gasteiger partial charge in [0.15, 0.2) is 0 Å². The second kappa shape index (κ2) is 8.66. The van der Waals surface area contributed by atoms with Gasteiger partial charge >= 0.3 is 0 Å². The second-order valence-corrected chi connectivity index (χ2v) is 7.53. The Hall–Kier alpha value is -3.21. The molecule has 1 fully saturated rings. The van der Waals surface area contributed by atoms with Gasteiger partial charge in [-0.3, -0.25) is 9.69 Å². The van der Waals surface area contributed by atoms with E-state index in [1.54, 1.807) is 30.3 Å². The molecular weight excluding hydrogens is 405 g/mol. The molecule has 1 saturated heterocycles. The summed E-state index contributed by atoms with van der Waals surface area (Å²) in [4.78, 5) is 21.0. The molecule has 2 aromatic carbocycles. The van der Waals surface area contributed by atoms with Crippen LogP contribution in [0, 0.1) is 17.1 Å². The smallest absolute Gasteiger partial charge is 0.238 e. The van der Waals surface area contributed by atoms with E-state index in [1.807, 2.05) is 11.0 Å². The Kier molecular flexibility index (Phi) is 5.79. The number of hydrogen-bond donors (Lipinski definition) is 1. The monoisotopic (exact) mass is 423 g/mol. The number of para-hydroxylation sites is 1. The average molecular weight is 424 g/mol. The van der Waals surface area contributed by atoms with Gasteiger partial charge in [-0.2, -0.15) is 5.26 Å². The molecule has 0 spiro atoms. The minimum Gasteiger partial charge on any atom is -0.354 e. The van der Waals surface area contributed by atoms with Crippen LogP contribution in [0.5, 0.6) is 0 Å². The number of nitrogens with zero attached hydrogens (tertiary/aromatic N) is 4. The van der Waals surface area contributed by atoms with E-state index in [0.717, 1.165) is 16.7 Å². The SMILES string of the molecule is N#Cc1cc(N2CCN(CC(=O)Nc3ccccc3F)CC2)nc2ccc(Cl)cc12. The normalized spacial score (nSPS) is 14.5. The number of fused-ring (bicyclic) bond motifs is 1. The van der Waals surface area contributed by atoms with Gasteiger partial charge in [-0.25, -0.2) is 9.37 Å². The molecule has 4 rings (SSSR count). The summed E-state index contributed by atoms with van der Waals surface area (Å²) < 4.78 is 13.7. The predicted octanol–water partition coefficient (Wildman–Crippen LogP) is 3.66. The summed E-state index contributed by atoms with van der Waals surface area (Å²) in [5.74, 6) is 0.0329. The number of anilines is 2. The first-order chi connectivity index (χ1) is 14.5. The quantitative estimate of drug-likeness (QED) is 0.693. The van der Waals surface area contributed by atoms with Crippen LogP contribution in [0.15, 0.2) is 48.5 Å². The summed E-state index contributed by atoms with van der Waals surface area (Å²) in [7, 11) is 0. The Morgan fingerprint density at radius 3 is 2.67 bits per heavy atom. The average Bonchev–Trinajstić information content (AvgIpc) is 2.75. The fraction of sp³-hybridized carbons (Fsp3) is 0.227. The first-order valence-electron chi connectivity index (χ1n) is 9.55. The zero-order chi connectivity index (χ0) is 21.1. The van der Waals surface area contributed by atoms with E-state index in [-0.39, 0.29) is 18.1 Å². The number of halogens is 2. The number of nitriles is 1. The fourth-order valence-corrected chi connectivity index (χ4v) is 3.70. The van der Waals surface area contributed by atoms with E-state index in [0.29, 0.717) is 36.8 Å². The van der Waals surface area contributed by atoms with Gasteiger partial charge < -0.3 is 10.2 Å². The molecule has 3 aromatic rings. The van der Waals surface area contributed by atoms with Crippen molar-refractivity contribution in [2.75, 3.05) is 42.9 Å². The minimum absolute atomic E-state index is 0.186. The molecule has 30 heavy (non-hydrogen) atoms. The van der Waals surface area contributed by atoms with Crippen LogP contribution in [-0.4, -0.2) is 48.5 Å². The van der Waals surface area contributed by atoms with Gasteiger partial charge in [-0.15, -0.1) is 0 Å². The van der Waals surface area contributed by atoms with Crippen LogP contribution in [0.3, 0.4) is 0 Å². The molecule has 1 aliphatic heterocycles. The van der Waals surface area contributed by atoms with Crippen LogP contribution >= 0.6 is 11.6 Å². The molecule has 1 N–H and O–H groups in total. The van der Waals surface area contributed by atoms with Gasteiger partial charge in [0.25, 0.3) is 0 Å². The van der Waals surface area contributed by atoms with E-state index >= 15 is 0 Å². The van der Waals surface area contributed by atoms with Gasteiger partial charge in [-0.1, -0.05) is 23.7 Å². The molecule has 1 aliphatic rings. The third kappa shape index (κ3) is 4.35. The maximum Gasteiger partial charge on any atom is 0.238 e. The molecule has 0 aliphatic carbocycles. The van der Waals surface area contributed by atoms with Crippen molar-refractivity contribution in [2.24, 2.45) is 0 Å². The van der Waals surface area contributed by atoms with Gasteiger partial charge in [-0.05, 0) is 36.4 Å². The molecule has 0 bridgehead atoms. The lowest BCUT2D eigenvalue weighted by Crippen LogP contribution is -2.49. The summed E-state index contributed by atoms with van der Waals surface area (Å²) in [5.41, 5.74) is 1.44. The molecule has 1 amide bonds. The third-order valence-corrected chi connectivity index (χ3v) is 5.32. The molecule has 0 saturated carbocycles. The van der Waals surface area contributed by atoms with Gasteiger partial charge in [0.2, 0.25) is 5.91 Å². The number of carbonyl (C=O) groups is 1. The largest absolute Gasteiger partial charge is 0.354 e. The standard InChI is InChI=1S/C22H19ClFN5O/c23-16-5-6-19-17(12-16)15(13-25)11-21(26-19)29-9-7-28(8-10-29)14-22(30)27-20-4-2-1-3-18(20)24/h1-6,11-12H,7-10,14H2,(H,27,30). The summed E-state index contributed by atoms with van der Waals surface area (Å²) in [6.07, 6.45) is 0. The first-order valence-corrected chi connectivity index (χ1v) is 9.93. The zero-order valence-corrected chi connectivity index (χ0v) is 16.9. The van der Waals surface area contributed by atoms with Crippen molar-refractivity contribution in [1.29, 1.82) is 5.26 Å². The van der Waals surface area contributed by atoms with Crippen LogP contribution in [0.1, 0.15) is 5.56 Å². The van der Waals surface area contributed by atoms with E-state index in [9.17, 15) is 14.4 Å². The highest BCUT2D eigenvalue weighted by molar-refractivity contribution is 6.31. The number of piperazine rings is 1. The highest BCUT2D eigenvalue weighted by atomic mass is 35.5. The molecule has 1 aromatic heterocycles. The Balaban J connectivity index is 1.40. The van der Waals surface area contributed by atoms with Crippen LogP contribution < -0.4 is 10.2 Å². The fourth-order valence-electron chi connectivity index (χ4n) is 3.53. The second-order valence-electron chi connectivity index (χ2n) is 7.09. The number of benzene rings is 2. The molecule has 0 atom stereocenters. The first kappa shape index (κ1) is 20.1. The van der Waals surface area contributed by atoms with Crippen molar-refractivity contribution in [3.05, 3.63) is 64.9 Å². The van der Waals surface area contributed by atoms with E-state index in [4.69, 9.17) is 11.6 Å². The lowest BCUT2D eigenvalue weighted by Gasteiger charge is -2.35. The molecular formula is C22H19ClFN5O. The maximum absolute atomic E-state index is 13.7. The Morgan fingerprint density at radius 2 is 1.93 bits per heavy atom. The van der Waals surface area contributed by atoms with Crippen LogP contribution in [0.2, 0.25) is 5.02 Å². The van der Waals surface area contributed by atoms with Crippen LogP contribution in [0.4, 0.5) is 15.9 Å². The van der Waals surface area contributed by atoms with E-state index in [2.05, 4.69) is 21.3 Å². The predicted molar refractivity (Wildman–Crippen MR) is 115 cm³/mol. The highest BCUT2D eigenvalue weighted by Gasteiger charge is 2.21. The topological polar surface area (TPSA) is 72.3 Å². The molecule has 6 nitrogen and oxygen atoms in total. The van der Waals surface area contributed by atoms with Crippen molar-refractivity contribution in [2.45, 2.75) is 0 Å². The van der Waals surface area contributed by atoms with Crippen LogP contribution in [-0.2, 0) is 4.79 Å². The minimum atomic E-state index is -0.451. The number of pyridine rings is 1. The van der Waals surface area contributed by atoms with Crippen molar-refractivity contribution >= 4 is 39.9 Å². The number of rotatable bonds is 4. The van der Waals surface area contributed by atoms with Crippen molar-refractivity contribution in [3.8, 4) is 6.07 Å². The maximum atomic E-state index is 13.7. The van der Waals surface area contributed by atoms with Crippen LogP contribution in [0.25, 0.3) is 10.9 Å². The Bertz CT molecular complexity index is 1140. The van der Waals surface area contributed by atoms with Gasteiger partial charge in [0.1, 0.15) is 11.6 Å². The number of aromatic nitrogens is 1. The summed E-state index contributed by atoms with van der Waals surface area (Å²) in [5, 5.41) is 13.4. The van der Waals surface area contributed by atoms with E-state index in [1.165, 1.54) is 12.1 Å². The molecule has 0 unspecified atom stereocenters. The molecule has 2 heterocycles. The summed E-state index contributed by atoms with van der Waals surface area (Å²) in [6, 6.07) is 15.4. The third-order valence-electron chi connectivity index (χ3n) is 5.09. The van der Waals surface area contributed by atoms with Gasteiger partial charge in [0.05, 0.1) is 29.4 Å². The van der Waals surface area contributed by atoms with Crippen molar-refractivity contribution in [3.63, 3.8) is 0 Å². The number of nitrogens with one attached hydrogen (secondary N) is 1. The molecule has 152 valence electrons. The molecule has 8 heteroatoms. The lowest BCUT2D eigenvalue weighted by atomic mass is 10.1. The Labute approximate surface area is 178 Å². The summed E-state index contributed by atoms with van der Waals surface area (Å²) in [6.45, 7) is 2.85.